The Hall–Kier alpha value is -2.97. The third kappa shape index (κ3) is 5.03. The van der Waals surface area contributed by atoms with E-state index in [0.717, 1.165) is 6.07 Å². The van der Waals surface area contributed by atoms with Crippen LogP contribution < -0.4 is 4.72 Å². The van der Waals surface area contributed by atoms with E-state index in [1.165, 1.54) is 24.5 Å². The molecule has 3 aromatic rings. The zero-order valence-corrected chi connectivity index (χ0v) is 18.3. The second kappa shape index (κ2) is 9.03. The number of carbonyl (C=O) groups is 1. The zero-order valence-electron chi connectivity index (χ0n) is 16.8. The van der Waals surface area contributed by atoms with Crippen molar-refractivity contribution in [2.75, 3.05) is 4.72 Å². The third-order valence-electron chi connectivity index (χ3n) is 4.78. The maximum Gasteiger partial charge on any atom is 0.310 e. The summed E-state index contributed by atoms with van der Waals surface area (Å²) in [6.45, 7) is 3.47. The van der Waals surface area contributed by atoms with Gasteiger partial charge in [-0.3, -0.25) is 14.5 Å². The fourth-order valence-electron chi connectivity index (χ4n) is 3.22. The van der Waals surface area contributed by atoms with Gasteiger partial charge in [-0.15, -0.1) is 0 Å². The molecule has 6 nitrogen and oxygen atoms in total. The fourth-order valence-corrected chi connectivity index (χ4v) is 4.56. The first kappa shape index (κ1) is 22.7. The molecular formula is C22H20ClFN2O4S. The largest absolute Gasteiger partial charge is 0.481 e. The molecule has 0 aliphatic heterocycles. The van der Waals surface area contributed by atoms with Gasteiger partial charge >= 0.3 is 5.97 Å². The van der Waals surface area contributed by atoms with Crippen molar-refractivity contribution in [3.63, 3.8) is 0 Å². The first-order valence-corrected chi connectivity index (χ1v) is 11.2. The Morgan fingerprint density at radius 1 is 1.19 bits per heavy atom. The van der Waals surface area contributed by atoms with E-state index in [1.54, 1.807) is 38.1 Å². The number of anilines is 1. The first-order valence-electron chi connectivity index (χ1n) is 9.39. The molecule has 1 heterocycles. The van der Waals surface area contributed by atoms with Crippen molar-refractivity contribution in [3.8, 4) is 11.1 Å². The number of nitrogens with one attached hydrogen (secondary N) is 1. The predicted molar refractivity (Wildman–Crippen MR) is 117 cm³/mol. The molecule has 0 saturated carbocycles. The van der Waals surface area contributed by atoms with E-state index in [1.807, 2.05) is 0 Å². The van der Waals surface area contributed by atoms with Crippen molar-refractivity contribution in [1.29, 1.82) is 0 Å². The summed E-state index contributed by atoms with van der Waals surface area (Å²) in [6.07, 6.45) is 3.10. The maximum absolute atomic E-state index is 14.8. The van der Waals surface area contributed by atoms with Crippen molar-refractivity contribution < 1.29 is 22.7 Å². The van der Waals surface area contributed by atoms with Crippen molar-refractivity contribution >= 4 is 33.3 Å². The number of carboxylic acid groups (broad SMARTS) is 1. The fraction of sp³-hybridized carbons (Fsp3) is 0.182. The summed E-state index contributed by atoms with van der Waals surface area (Å²) in [5, 5.41) is 9.43. The number of rotatable bonds is 7. The lowest BCUT2D eigenvalue weighted by atomic mass is 9.94. The molecule has 0 aliphatic rings. The van der Waals surface area contributed by atoms with Crippen molar-refractivity contribution in [1.82, 2.24) is 4.98 Å². The lowest BCUT2D eigenvalue weighted by Gasteiger charge is -2.16. The highest BCUT2D eigenvalue weighted by Crippen LogP contribution is 2.35. The summed E-state index contributed by atoms with van der Waals surface area (Å²) in [5.41, 5.74) is 1.67. The molecule has 162 valence electrons. The van der Waals surface area contributed by atoms with Crippen LogP contribution in [0.4, 0.5) is 10.1 Å². The number of aliphatic carboxylic acids is 1. The molecular weight excluding hydrogens is 443 g/mol. The van der Waals surface area contributed by atoms with Gasteiger partial charge in [0, 0.05) is 23.0 Å². The van der Waals surface area contributed by atoms with Gasteiger partial charge in [-0.1, -0.05) is 42.8 Å². The van der Waals surface area contributed by atoms with Crippen molar-refractivity contribution in [2.45, 2.75) is 31.1 Å². The lowest BCUT2D eigenvalue weighted by molar-refractivity contribution is -0.138. The monoisotopic (exact) mass is 462 g/mol. The Morgan fingerprint density at radius 2 is 1.87 bits per heavy atom. The van der Waals surface area contributed by atoms with Gasteiger partial charge in [-0.2, -0.15) is 0 Å². The van der Waals surface area contributed by atoms with E-state index in [4.69, 9.17) is 11.6 Å². The Bertz CT molecular complexity index is 1230. The number of nitrogens with zero attached hydrogens (tertiary/aromatic N) is 1. The topological polar surface area (TPSA) is 96.4 Å². The molecule has 0 aliphatic carbocycles. The van der Waals surface area contributed by atoms with Crippen molar-refractivity contribution in [3.05, 3.63) is 76.8 Å². The highest BCUT2D eigenvalue weighted by atomic mass is 35.5. The highest BCUT2D eigenvalue weighted by molar-refractivity contribution is 7.92. The Morgan fingerprint density at radius 3 is 2.45 bits per heavy atom. The molecule has 1 atom stereocenters. The number of benzene rings is 2. The molecule has 3 rings (SSSR count). The van der Waals surface area contributed by atoms with E-state index >= 15 is 0 Å². The van der Waals surface area contributed by atoms with Crippen LogP contribution >= 0.6 is 11.6 Å². The van der Waals surface area contributed by atoms with Crippen LogP contribution in [0, 0.1) is 12.7 Å². The SMILES string of the molecule is CCC(C(=O)O)c1ccc(-c2cc(Cl)cc(F)c2NS(=O)(=O)c2cncc(C)c2)cc1. The molecule has 0 fully saturated rings. The minimum Gasteiger partial charge on any atom is -0.481 e. The number of aromatic nitrogens is 1. The number of aryl methyl sites for hydroxylation is 1. The van der Waals surface area contributed by atoms with Gasteiger partial charge in [-0.05, 0) is 48.2 Å². The average molecular weight is 463 g/mol. The number of carboxylic acids is 1. The average Bonchev–Trinajstić information content (AvgIpc) is 2.70. The second-order valence-corrected chi connectivity index (χ2v) is 9.15. The molecule has 0 spiro atoms. The molecule has 2 aromatic carbocycles. The lowest BCUT2D eigenvalue weighted by Crippen LogP contribution is -2.15. The van der Waals surface area contributed by atoms with Crippen LogP contribution in [0.1, 0.15) is 30.4 Å². The normalized spacial score (nSPS) is 12.4. The summed E-state index contributed by atoms with van der Waals surface area (Å²) in [7, 11) is -4.11. The van der Waals surface area contributed by atoms with E-state index in [0.29, 0.717) is 23.1 Å². The van der Waals surface area contributed by atoms with Crippen LogP contribution in [0.3, 0.4) is 0 Å². The molecule has 1 aromatic heterocycles. The predicted octanol–water partition coefficient (Wildman–Crippen LogP) is 5.23. The Balaban J connectivity index is 2.06. The first-order chi connectivity index (χ1) is 14.6. The van der Waals surface area contributed by atoms with E-state index in [-0.39, 0.29) is 21.2 Å². The molecule has 0 amide bonds. The van der Waals surface area contributed by atoms with Crippen LogP contribution in [0.15, 0.2) is 59.8 Å². The van der Waals surface area contributed by atoms with Crippen LogP contribution in [0.5, 0.6) is 0 Å². The van der Waals surface area contributed by atoms with E-state index in [9.17, 15) is 22.7 Å². The van der Waals surface area contributed by atoms with Gasteiger partial charge in [-0.25, -0.2) is 12.8 Å². The second-order valence-electron chi connectivity index (χ2n) is 7.03. The standard InChI is InChI=1S/C22H20ClFN2O4S/c1-3-18(22(27)28)14-4-6-15(7-5-14)19-9-16(23)10-20(24)21(19)26-31(29,30)17-8-13(2)11-25-12-17/h4-12,18,26H,3H2,1-2H3,(H,27,28). The highest BCUT2D eigenvalue weighted by Gasteiger charge is 2.22. The summed E-state index contributed by atoms with van der Waals surface area (Å²) in [5.74, 6) is -2.45. The van der Waals surface area contributed by atoms with Gasteiger partial charge in [0.1, 0.15) is 10.7 Å². The summed E-state index contributed by atoms with van der Waals surface area (Å²) >= 11 is 6.02. The van der Waals surface area contributed by atoms with Crippen molar-refractivity contribution in [2.24, 2.45) is 0 Å². The van der Waals surface area contributed by atoms with E-state index < -0.39 is 27.7 Å². The Labute approximate surface area is 184 Å². The van der Waals surface area contributed by atoms with Crippen LogP contribution in [0.25, 0.3) is 11.1 Å². The number of hydrogen-bond donors (Lipinski definition) is 2. The minimum absolute atomic E-state index is 0.0914. The molecule has 31 heavy (non-hydrogen) atoms. The van der Waals surface area contributed by atoms with Gasteiger partial charge in [0.05, 0.1) is 11.6 Å². The van der Waals surface area contributed by atoms with Gasteiger partial charge in [0.2, 0.25) is 0 Å². The Kier molecular flexibility index (Phi) is 6.62. The number of sulfonamides is 1. The number of hydrogen-bond acceptors (Lipinski definition) is 4. The van der Waals surface area contributed by atoms with Gasteiger partial charge in [0.25, 0.3) is 10.0 Å². The molecule has 2 N–H and O–H groups in total. The summed E-state index contributed by atoms with van der Waals surface area (Å²) in [4.78, 5) is 15.2. The van der Waals surface area contributed by atoms with Gasteiger partial charge < -0.3 is 5.11 Å². The minimum atomic E-state index is -4.11. The quantitative estimate of drug-likeness (QED) is 0.501. The molecule has 1 unspecified atom stereocenters. The molecule has 0 radical (unpaired) electrons. The summed E-state index contributed by atoms with van der Waals surface area (Å²) < 4.78 is 42.7. The van der Waals surface area contributed by atoms with E-state index in [2.05, 4.69) is 9.71 Å². The molecule has 0 saturated heterocycles. The summed E-state index contributed by atoms with van der Waals surface area (Å²) in [6, 6.07) is 10.4. The molecule has 0 bridgehead atoms. The zero-order chi connectivity index (χ0) is 22.8. The maximum atomic E-state index is 14.8. The van der Waals surface area contributed by atoms with Crippen LogP contribution in [-0.4, -0.2) is 24.5 Å². The number of halogens is 2. The molecule has 9 heteroatoms. The number of pyridine rings is 1. The van der Waals surface area contributed by atoms with Crippen LogP contribution in [0.2, 0.25) is 5.02 Å². The smallest absolute Gasteiger partial charge is 0.310 e. The van der Waals surface area contributed by atoms with Gasteiger partial charge in [0.15, 0.2) is 0 Å². The third-order valence-corrected chi connectivity index (χ3v) is 6.32. The van der Waals surface area contributed by atoms with Crippen LogP contribution in [-0.2, 0) is 14.8 Å².